The molecule has 128 valence electrons. The van der Waals surface area contributed by atoms with Gasteiger partial charge in [0.1, 0.15) is 0 Å². The SMILES string of the molecule is CCCC(CCC)C(=O)Nc1ccccc1C(=O)Nc1nccs1. The van der Waals surface area contributed by atoms with E-state index in [-0.39, 0.29) is 17.7 Å². The molecule has 2 aromatic rings. The van der Waals surface area contributed by atoms with Crippen LogP contribution in [0.25, 0.3) is 0 Å². The van der Waals surface area contributed by atoms with Crippen molar-refractivity contribution in [1.29, 1.82) is 0 Å². The fraction of sp³-hybridized carbons (Fsp3) is 0.389. The zero-order valence-electron chi connectivity index (χ0n) is 14.0. The summed E-state index contributed by atoms with van der Waals surface area (Å²) in [4.78, 5) is 29.0. The zero-order chi connectivity index (χ0) is 17.4. The van der Waals surface area contributed by atoms with Crippen molar-refractivity contribution in [3.8, 4) is 0 Å². The first-order valence-corrected chi connectivity index (χ1v) is 9.14. The largest absolute Gasteiger partial charge is 0.325 e. The van der Waals surface area contributed by atoms with E-state index in [1.165, 1.54) is 11.3 Å². The zero-order valence-corrected chi connectivity index (χ0v) is 14.9. The summed E-state index contributed by atoms with van der Waals surface area (Å²) in [6, 6.07) is 7.04. The summed E-state index contributed by atoms with van der Waals surface area (Å²) < 4.78 is 0. The van der Waals surface area contributed by atoms with Crippen molar-refractivity contribution in [3.05, 3.63) is 41.4 Å². The van der Waals surface area contributed by atoms with E-state index in [1.54, 1.807) is 29.8 Å². The lowest BCUT2D eigenvalue weighted by atomic mass is 9.97. The van der Waals surface area contributed by atoms with Gasteiger partial charge < -0.3 is 5.32 Å². The Morgan fingerprint density at radius 2 is 1.83 bits per heavy atom. The Morgan fingerprint density at radius 3 is 2.46 bits per heavy atom. The molecule has 1 heterocycles. The van der Waals surface area contributed by atoms with E-state index < -0.39 is 0 Å². The van der Waals surface area contributed by atoms with Gasteiger partial charge in [-0.1, -0.05) is 38.8 Å². The molecule has 0 spiro atoms. The number of thiazole rings is 1. The summed E-state index contributed by atoms with van der Waals surface area (Å²) in [5, 5.41) is 8.01. The van der Waals surface area contributed by atoms with Crippen LogP contribution in [0.2, 0.25) is 0 Å². The van der Waals surface area contributed by atoms with E-state index in [0.29, 0.717) is 16.4 Å². The summed E-state index contributed by atoms with van der Waals surface area (Å²) in [6.45, 7) is 4.15. The maximum atomic E-state index is 12.5. The Kier molecular flexibility index (Phi) is 6.93. The quantitative estimate of drug-likeness (QED) is 0.737. The van der Waals surface area contributed by atoms with Gasteiger partial charge in [0, 0.05) is 17.5 Å². The molecule has 0 aliphatic heterocycles. The van der Waals surface area contributed by atoms with Crippen molar-refractivity contribution in [2.45, 2.75) is 39.5 Å². The van der Waals surface area contributed by atoms with Crippen LogP contribution in [-0.4, -0.2) is 16.8 Å². The van der Waals surface area contributed by atoms with E-state index in [9.17, 15) is 9.59 Å². The summed E-state index contributed by atoms with van der Waals surface area (Å²) in [7, 11) is 0. The second-order valence-electron chi connectivity index (χ2n) is 5.60. The predicted molar refractivity (Wildman–Crippen MR) is 98.4 cm³/mol. The Morgan fingerprint density at radius 1 is 1.12 bits per heavy atom. The minimum absolute atomic E-state index is 0.0184. The fourth-order valence-corrected chi connectivity index (χ4v) is 3.10. The molecule has 0 aliphatic carbocycles. The number of amides is 2. The number of para-hydroxylation sites is 1. The van der Waals surface area contributed by atoms with Crippen LogP contribution in [0.5, 0.6) is 0 Å². The van der Waals surface area contributed by atoms with Gasteiger partial charge in [0.15, 0.2) is 5.13 Å². The molecule has 2 amide bonds. The summed E-state index contributed by atoms with van der Waals surface area (Å²) in [5.74, 6) is -0.313. The number of anilines is 2. The molecule has 5 nitrogen and oxygen atoms in total. The highest BCUT2D eigenvalue weighted by Gasteiger charge is 2.19. The molecular formula is C18H23N3O2S. The van der Waals surface area contributed by atoms with Crippen molar-refractivity contribution in [1.82, 2.24) is 4.98 Å². The van der Waals surface area contributed by atoms with E-state index in [1.807, 2.05) is 6.07 Å². The molecule has 6 heteroatoms. The molecule has 24 heavy (non-hydrogen) atoms. The molecule has 1 aromatic heterocycles. The third-order valence-corrected chi connectivity index (χ3v) is 4.42. The van der Waals surface area contributed by atoms with Crippen LogP contribution in [0.15, 0.2) is 35.8 Å². The minimum Gasteiger partial charge on any atom is -0.325 e. The van der Waals surface area contributed by atoms with Crippen molar-refractivity contribution in [2.24, 2.45) is 5.92 Å². The van der Waals surface area contributed by atoms with Crippen LogP contribution in [-0.2, 0) is 4.79 Å². The van der Waals surface area contributed by atoms with Crippen LogP contribution < -0.4 is 10.6 Å². The summed E-state index contributed by atoms with van der Waals surface area (Å²) in [5.41, 5.74) is 0.974. The molecule has 2 N–H and O–H groups in total. The lowest BCUT2D eigenvalue weighted by Gasteiger charge is -2.17. The topological polar surface area (TPSA) is 71.1 Å². The maximum Gasteiger partial charge on any atom is 0.259 e. The van der Waals surface area contributed by atoms with E-state index in [4.69, 9.17) is 0 Å². The van der Waals surface area contributed by atoms with E-state index >= 15 is 0 Å². The Bertz CT molecular complexity index is 665. The fourth-order valence-electron chi connectivity index (χ4n) is 2.58. The number of nitrogens with zero attached hydrogens (tertiary/aromatic N) is 1. The van der Waals surface area contributed by atoms with Gasteiger partial charge in [-0.2, -0.15) is 0 Å². The third-order valence-electron chi connectivity index (χ3n) is 3.73. The molecule has 0 saturated carbocycles. The monoisotopic (exact) mass is 345 g/mol. The number of nitrogens with one attached hydrogen (secondary N) is 2. The lowest BCUT2D eigenvalue weighted by Crippen LogP contribution is -2.24. The van der Waals surface area contributed by atoms with Crippen molar-refractivity contribution >= 4 is 34.0 Å². The number of hydrogen-bond acceptors (Lipinski definition) is 4. The standard InChI is InChI=1S/C18H23N3O2S/c1-3-7-13(8-4-2)16(22)20-15-10-6-5-9-14(15)17(23)21-18-19-11-12-24-18/h5-6,9-13H,3-4,7-8H2,1-2H3,(H,20,22)(H,19,21,23). The average molecular weight is 345 g/mol. The Balaban J connectivity index is 2.13. The molecule has 0 bridgehead atoms. The molecule has 0 unspecified atom stereocenters. The van der Waals surface area contributed by atoms with Gasteiger partial charge in [0.25, 0.3) is 5.91 Å². The number of carbonyl (C=O) groups excluding carboxylic acids is 2. The van der Waals surface area contributed by atoms with Gasteiger partial charge in [-0.3, -0.25) is 14.9 Å². The van der Waals surface area contributed by atoms with Gasteiger partial charge >= 0.3 is 0 Å². The summed E-state index contributed by atoms with van der Waals surface area (Å²) in [6.07, 6.45) is 5.27. The molecule has 0 atom stereocenters. The number of rotatable bonds is 8. The highest BCUT2D eigenvalue weighted by Crippen LogP contribution is 2.21. The van der Waals surface area contributed by atoms with Crippen LogP contribution in [0.3, 0.4) is 0 Å². The number of carbonyl (C=O) groups is 2. The van der Waals surface area contributed by atoms with Crippen molar-refractivity contribution in [2.75, 3.05) is 10.6 Å². The van der Waals surface area contributed by atoms with Gasteiger partial charge in [-0.15, -0.1) is 11.3 Å². The molecule has 0 aliphatic rings. The van der Waals surface area contributed by atoms with Gasteiger partial charge in [0.05, 0.1) is 11.3 Å². The van der Waals surface area contributed by atoms with Crippen molar-refractivity contribution < 1.29 is 9.59 Å². The highest BCUT2D eigenvalue weighted by molar-refractivity contribution is 7.13. The third kappa shape index (κ3) is 4.89. The van der Waals surface area contributed by atoms with E-state index in [2.05, 4.69) is 29.5 Å². The van der Waals surface area contributed by atoms with Gasteiger partial charge in [-0.25, -0.2) is 4.98 Å². The lowest BCUT2D eigenvalue weighted by molar-refractivity contribution is -0.120. The van der Waals surface area contributed by atoms with Gasteiger partial charge in [0.2, 0.25) is 5.91 Å². The number of benzene rings is 1. The number of hydrogen-bond donors (Lipinski definition) is 2. The second-order valence-corrected chi connectivity index (χ2v) is 6.50. The van der Waals surface area contributed by atoms with Crippen LogP contribution in [0.4, 0.5) is 10.8 Å². The normalized spacial score (nSPS) is 10.6. The molecular weight excluding hydrogens is 322 g/mol. The van der Waals surface area contributed by atoms with Crippen LogP contribution in [0.1, 0.15) is 49.9 Å². The van der Waals surface area contributed by atoms with Gasteiger partial charge in [-0.05, 0) is 25.0 Å². The minimum atomic E-state index is -0.275. The second kappa shape index (κ2) is 9.17. The van der Waals surface area contributed by atoms with Crippen molar-refractivity contribution in [3.63, 3.8) is 0 Å². The Labute approximate surface area is 146 Å². The molecule has 1 aromatic carbocycles. The predicted octanol–water partition coefficient (Wildman–Crippen LogP) is 4.55. The molecule has 0 radical (unpaired) electrons. The Hall–Kier alpha value is -2.21. The highest BCUT2D eigenvalue weighted by atomic mass is 32.1. The first kappa shape index (κ1) is 18.1. The average Bonchev–Trinajstić information content (AvgIpc) is 3.08. The summed E-state index contributed by atoms with van der Waals surface area (Å²) >= 11 is 1.35. The van der Waals surface area contributed by atoms with Crippen LogP contribution >= 0.6 is 11.3 Å². The van der Waals surface area contributed by atoms with E-state index in [0.717, 1.165) is 25.7 Å². The maximum absolute atomic E-state index is 12.5. The molecule has 2 rings (SSSR count). The van der Waals surface area contributed by atoms with Crippen LogP contribution in [0, 0.1) is 5.92 Å². The first-order valence-electron chi connectivity index (χ1n) is 8.26. The smallest absolute Gasteiger partial charge is 0.259 e. The number of aromatic nitrogens is 1. The molecule has 0 saturated heterocycles. The first-order chi connectivity index (χ1) is 11.7. The molecule has 0 fully saturated rings.